The van der Waals surface area contributed by atoms with Crippen molar-refractivity contribution in [3.63, 3.8) is 0 Å². The largest absolute Gasteiger partial charge is 0.465 e. The van der Waals surface area contributed by atoms with Gasteiger partial charge in [0.1, 0.15) is 0 Å². The molecular weight excluding hydrogens is 517 g/mol. The molecule has 34 heavy (non-hydrogen) atoms. The third-order valence-corrected chi connectivity index (χ3v) is 8.46. The number of nitrogens with one attached hydrogen (secondary N) is 1. The molecule has 1 N–H and O–H groups in total. The number of carbonyl (C=O) groups excluding carboxylic acids is 2. The summed E-state index contributed by atoms with van der Waals surface area (Å²) in [4.78, 5) is 25.2. The van der Waals surface area contributed by atoms with E-state index in [0.717, 1.165) is 11.8 Å². The quantitative estimate of drug-likeness (QED) is 0.327. The van der Waals surface area contributed by atoms with E-state index in [1.807, 2.05) is 0 Å². The molecule has 0 spiro atoms. The standard InChI is InChI=1S/C24H17Cl2NO5S2/c1-32-24(29)15-7-5-14(6-8-15)11-22-23(28)27-20-10-9-16(12-21(20)33-22)34(30,31)13-17-18(25)3-2-4-19(17)26/h2-12H,13H2,1H3,(H,27,28)/b22-11-. The number of esters is 1. The SMILES string of the molecule is COC(=O)c1ccc(/C=C2\Sc3cc(S(=O)(=O)Cc4c(Cl)cccc4Cl)ccc3NC2=O)cc1. The van der Waals surface area contributed by atoms with Crippen LogP contribution in [0.2, 0.25) is 10.0 Å². The van der Waals surface area contributed by atoms with Crippen LogP contribution >= 0.6 is 35.0 Å². The van der Waals surface area contributed by atoms with Gasteiger partial charge >= 0.3 is 5.97 Å². The van der Waals surface area contributed by atoms with Crippen LogP contribution in [0.4, 0.5) is 5.69 Å². The maximum Gasteiger partial charge on any atom is 0.337 e. The minimum Gasteiger partial charge on any atom is -0.465 e. The Morgan fingerprint density at radius 3 is 2.38 bits per heavy atom. The number of thioether (sulfide) groups is 1. The highest BCUT2D eigenvalue weighted by atomic mass is 35.5. The van der Waals surface area contributed by atoms with Crippen molar-refractivity contribution in [1.29, 1.82) is 0 Å². The molecule has 1 amide bonds. The van der Waals surface area contributed by atoms with Crippen molar-refractivity contribution in [2.24, 2.45) is 0 Å². The zero-order valence-corrected chi connectivity index (χ0v) is 20.8. The lowest BCUT2D eigenvalue weighted by atomic mass is 10.1. The average Bonchev–Trinajstić information content (AvgIpc) is 2.81. The van der Waals surface area contributed by atoms with Gasteiger partial charge in [-0.25, -0.2) is 13.2 Å². The molecule has 0 aliphatic carbocycles. The first-order chi connectivity index (χ1) is 16.2. The molecule has 1 aliphatic heterocycles. The number of carbonyl (C=O) groups is 2. The van der Waals surface area contributed by atoms with E-state index in [4.69, 9.17) is 23.2 Å². The molecule has 174 valence electrons. The van der Waals surface area contributed by atoms with E-state index in [-0.39, 0.29) is 26.6 Å². The van der Waals surface area contributed by atoms with Crippen molar-refractivity contribution in [2.75, 3.05) is 12.4 Å². The average molecular weight is 534 g/mol. The molecule has 0 radical (unpaired) electrons. The van der Waals surface area contributed by atoms with E-state index in [9.17, 15) is 18.0 Å². The minimum atomic E-state index is -3.76. The van der Waals surface area contributed by atoms with Crippen molar-refractivity contribution in [3.05, 3.63) is 92.3 Å². The van der Waals surface area contributed by atoms with Crippen molar-refractivity contribution in [3.8, 4) is 0 Å². The molecule has 3 aromatic carbocycles. The topological polar surface area (TPSA) is 89.5 Å². The summed E-state index contributed by atoms with van der Waals surface area (Å²) in [6.45, 7) is 0. The van der Waals surface area contributed by atoms with Crippen LogP contribution in [0.1, 0.15) is 21.5 Å². The second-order valence-electron chi connectivity index (χ2n) is 7.30. The van der Waals surface area contributed by atoms with Gasteiger partial charge in [-0.15, -0.1) is 0 Å². The smallest absolute Gasteiger partial charge is 0.337 e. The number of rotatable bonds is 5. The summed E-state index contributed by atoms with van der Waals surface area (Å²) in [6.07, 6.45) is 1.66. The summed E-state index contributed by atoms with van der Waals surface area (Å²) in [6, 6.07) is 15.9. The lowest BCUT2D eigenvalue weighted by Gasteiger charge is -2.19. The van der Waals surface area contributed by atoms with Crippen LogP contribution in [-0.4, -0.2) is 27.4 Å². The first-order valence-electron chi connectivity index (χ1n) is 9.87. The van der Waals surface area contributed by atoms with E-state index in [2.05, 4.69) is 10.1 Å². The van der Waals surface area contributed by atoms with Gasteiger partial charge in [0.2, 0.25) is 0 Å². The number of sulfone groups is 1. The Morgan fingerprint density at radius 2 is 1.74 bits per heavy atom. The highest BCUT2D eigenvalue weighted by Gasteiger charge is 2.25. The number of benzene rings is 3. The van der Waals surface area contributed by atoms with Crippen molar-refractivity contribution < 1.29 is 22.7 Å². The van der Waals surface area contributed by atoms with Gasteiger partial charge in [-0.3, -0.25) is 4.79 Å². The maximum absolute atomic E-state index is 13.1. The first-order valence-corrected chi connectivity index (χ1v) is 13.1. The highest BCUT2D eigenvalue weighted by Crippen LogP contribution is 2.40. The van der Waals surface area contributed by atoms with Gasteiger partial charge < -0.3 is 10.1 Å². The van der Waals surface area contributed by atoms with Gasteiger partial charge in [-0.05, 0) is 54.1 Å². The monoisotopic (exact) mass is 533 g/mol. The molecule has 1 heterocycles. The van der Waals surface area contributed by atoms with E-state index in [1.54, 1.807) is 54.6 Å². The summed E-state index contributed by atoms with van der Waals surface area (Å²) >= 11 is 13.5. The van der Waals surface area contributed by atoms with Crippen LogP contribution in [0.15, 0.2) is 75.4 Å². The molecule has 0 bridgehead atoms. The second kappa shape index (κ2) is 9.84. The van der Waals surface area contributed by atoms with Crippen LogP contribution in [-0.2, 0) is 25.1 Å². The number of anilines is 1. The van der Waals surface area contributed by atoms with Gasteiger partial charge in [0, 0.05) is 20.5 Å². The predicted molar refractivity (Wildman–Crippen MR) is 134 cm³/mol. The normalized spacial score (nSPS) is 14.4. The van der Waals surface area contributed by atoms with Crippen molar-refractivity contribution in [1.82, 2.24) is 0 Å². The summed E-state index contributed by atoms with van der Waals surface area (Å²) in [5, 5.41) is 3.33. The van der Waals surface area contributed by atoms with Gasteiger partial charge in [-0.1, -0.05) is 53.2 Å². The second-order valence-corrected chi connectivity index (χ2v) is 11.2. The van der Waals surface area contributed by atoms with E-state index < -0.39 is 15.8 Å². The molecule has 0 saturated carbocycles. The Balaban J connectivity index is 1.62. The molecule has 0 fully saturated rings. The molecule has 1 aliphatic rings. The molecule has 0 unspecified atom stereocenters. The minimum absolute atomic E-state index is 0.0904. The Kier molecular flexibility index (Phi) is 7.04. The summed E-state index contributed by atoms with van der Waals surface area (Å²) < 4.78 is 30.8. The Bertz CT molecular complexity index is 1410. The summed E-state index contributed by atoms with van der Waals surface area (Å²) in [7, 11) is -2.45. The Morgan fingerprint density at radius 1 is 1.06 bits per heavy atom. The van der Waals surface area contributed by atoms with Gasteiger partial charge in [-0.2, -0.15) is 0 Å². The Hall–Kier alpha value is -2.78. The number of hydrogen-bond donors (Lipinski definition) is 1. The fourth-order valence-electron chi connectivity index (χ4n) is 3.26. The molecular formula is C24H17Cl2NO5S2. The molecule has 0 aromatic heterocycles. The Labute approximate surface area is 210 Å². The van der Waals surface area contributed by atoms with Crippen LogP contribution < -0.4 is 5.32 Å². The van der Waals surface area contributed by atoms with E-state index in [1.165, 1.54) is 19.2 Å². The predicted octanol–water partition coefficient (Wildman–Crippen LogP) is 5.84. The first kappa shape index (κ1) is 24.3. The molecule has 4 rings (SSSR count). The number of fused-ring (bicyclic) bond motifs is 1. The third-order valence-electron chi connectivity index (χ3n) is 5.03. The zero-order valence-electron chi connectivity index (χ0n) is 17.7. The van der Waals surface area contributed by atoms with Crippen molar-refractivity contribution in [2.45, 2.75) is 15.5 Å². The van der Waals surface area contributed by atoms with Crippen LogP contribution in [0, 0.1) is 0 Å². The lowest BCUT2D eigenvalue weighted by molar-refractivity contribution is -0.112. The third kappa shape index (κ3) is 5.15. The van der Waals surface area contributed by atoms with Crippen LogP contribution in [0.3, 0.4) is 0 Å². The van der Waals surface area contributed by atoms with Gasteiger partial charge in [0.25, 0.3) is 5.91 Å². The fraction of sp³-hybridized carbons (Fsp3) is 0.0833. The highest BCUT2D eigenvalue weighted by molar-refractivity contribution is 8.04. The number of amides is 1. The molecule has 3 aromatic rings. The molecule has 0 atom stereocenters. The lowest BCUT2D eigenvalue weighted by Crippen LogP contribution is -2.17. The number of ether oxygens (including phenoxy) is 1. The number of hydrogen-bond acceptors (Lipinski definition) is 6. The number of methoxy groups -OCH3 is 1. The van der Waals surface area contributed by atoms with Crippen LogP contribution in [0.25, 0.3) is 6.08 Å². The fourth-order valence-corrected chi connectivity index (χ4v) is 6.44. The van der Waals surface area contributed by atoms with Gasteiger partial charge in [0.15, 0.2) is 9.84 Å². The maximum atomic E-state index is 13.1. The van der Waals surface area contributed by atoms with Gasteiger partial charge in [0.05, 0.1) is 33.9 Å². The summed E-state index contributed by atoms with van der Waals surface area (Å²) in [5.74, 6) is -1.12. The zero-order chi connectivity index (χ0) is 24.5. The molecule has 10 heteroatoms. The van der Waals surface area contributed by atoms with Crippen molar-refractivity contribution >= 4 is 68.4 Å². The van der Waals surface area contributed by atoms with Crippen LogP contribution in [0.5, 0.6) is 0 Å². The molecule has 0 saturated heterocycles. The molecule has 6 nitrogen and oxygen atoms in total. The van der Waals surface area contributed by atoms with E-state index >= 15 is 0 Å². The van der Waals surface area contributed by atoms with E-state index in [0.29, 0.717) is 32.2 Å². The summed E-state index contributed by atoms with van der Waals surface area (Å²) in [5.41, 5.74) is 1.94. The number of halogens is 2.